The van der Waals surface area contributed by atoms with Crippen LogP contribution in [0, 0.1) is 0 Å². The van der Waals surface area contributed by atoms with Crippen LogP contribution in [0.1, 0.15) is 19.8 Å². The summed E-state index contributed by atoms with van der Waals surface area (Å²) >= 11 is 1.62. The Morgan fingerprint density at radius 3 is 3.33 bits per heavy atom. The zero-order valence-corrected chi connectivity index (χ0v) is 9.43. The van der Waals surface area contributed by atoms with Crippen molar-refractivity contribution in [2.75, 3.05) is 0 Å². The summed E-state index contributed by atoms with van der Waals surface area (Å²) in [4.78, 5) is 12.4. The van der Waals surface area contributed by atoms with Gasteiger partial charge in [-0.05, 0) is 12.5 Å². The molecule has 2 rings (SSSR count). The van der Waals surface area contributed by atoms with Crippen molar-refractivity contribution in [2.24, 2.45) is 5.73 Å². The average Bonchev–Trinajstić information content (AvgIpc) is 2.57. The van der Waals surface area contributed by atoms with Gasteiger partial charge in [-0.25, -0.2) is 0 Å². The van der Waals surface area contributed by atoms with Crippen LogP contribution in [-0.2, 0) is 4.79 Å². The van der Waals surface area contributed by atoms with Gasteiger partial charge < -0.3 is 11.1 Å². The molecule has 4 N–H and O–H groups in total. The van der Waals surface area contributed by atoms with Gasteiger partial charge in [0, 0.05) is 23.1 Å². The summed E-state index contributed by atoms with van der Waals surface area (Å²) in [5.74, 6) is 0.0526. The molecule has 0 unspecified atom stereocenters. The summed E-state index contributed by atoms with van der Waals surface area (Å²) in [5, 5.41) is 6.12. The third kappa shape index (κ3) is 2.42. The van der Waals surface area contributed by atoms with Gasteiger partial charge in [-0.1, -0.05) is 24.8 Å². The summed E-state index contributed by atoms with van der Waals surface area (Å²) in [5.41, 5.74) is 6.65. The van der Waals surface area contributed by atoms with Crippen molar-refractivity contribution >= 4 is 17.7 Å². The van der Waals surface area contributed by atoms with Gasteiger partial charge in [-0.15, -0.1) is 0 Å². The van der Waals surface area contributed by atoms with Crippen molar-refractivity contribution in [2.45, 2.75) is 31.3 Å². The number of nitrogens with two attached hydrogens (primary N) is 1. The number of carbonyl (C=O) groups is 1. The van der Waals surface area contributed by atoms with Crippen LogP contribution >= 0.6 is 11.8 Å². The molecule has 2 atom stereocenters. The highest BCUT2D eigenvalue weighted by molar-refractivity contribution is 8.03. The van der Waals surface area contributed by atoms with Gasteiger partial charge in [0.25, 0.3) is 0 Å². The highest BCUT2D eigenvalue weighted by atomic mass is 32.2. The molecule has 5 heteroatoms. The number of rotatable bonds is 2. The van der Waals surface area contributed by atoms with Crippen LogP contribution in [-0.4, -0.2) is 17.4 Å². The minimum atomic E-state index is -0.0177. The Balaban J connectivity index is 2.02. The molecule has 0 spiro atoms. The lowest BCUT2D eigenvalue weighted by molar-refractivity contribution is -0.120. The van der Waals surface area contributed by atoms with Gasteiger partial charge >= 0.3 is 0 Å². The maximum Gasteiger partial charge on any atom is 0.224 e. The van der Waals surface area contributed by atoms with E-state index in [-0.39, 0.29) is 11.4 Å². The number of hydrogen-bond donors (Lipinski definition) is 3. The molecule has 1 heterocycles. The molecule has 0 bridgehead atoms. The van der Waals surface area contributed by atoms with Crippen LogP contribution < -0.4 is 16.4 Å². The van der Waals surface area contributed by atoms with Crippen LogP contribution in [0.4, 0.5) is 0 Å². The first-order valence-electron chi connectivity index (χ1n) is 5.09. The molecule has 0 saturated carbocycles. The summed E-state index contributed by atoms with van der Waals surface area (Å²) in [6, 6.07) is 0.340. The lowest BCUT2D eigenvalue weighted by atomic mass is 10.1. The van der Waals surface area contributed by atoms with E-state index in [0.29, 0.717) is 12.5 Å². The Hall–Kier alpha value is -0.780. The standard InChI is InChI=1S/C10H15N3OS/c1-2-9(14)12-6-3-4-7-8(5-6)15-10(11)13-7/h3,5,7,10,13H,2,4,11H2,1H3,(H,12,14)/t7-,10-/m0/s1. The fraction of sp³-hybridized carbons (Fsp3) is 0.500. The molecule has 1 aliphatic heterocycles. The molecule has 82 valence electrons. The number of carbonyl (C=O) groups excluding carboxylic acids is 1. The quantitative estimate of drug-likeness (QED) is 0.645. The maximum atomic E-state index is 11.2. The predicted octanol–water partition coefficient (Wildman–Crippen LogP) is 0.631. The molecule has 0 aromatic heterocycles. The van der Waals surface area contributed by atoms with Crippen LogP contribution in [0.25, 0.3) is 0 Å². The second-order valence-electron chi connectivity index (χ2n) is 3.60. The second-order valence-corrected chi connectivity index (χ2v) is 4.82. The molecule has 1 fully saturated rings. The topological polar surface area (TPSA) is 67.2 Å². The first-order chi connectivity index (χ1) is 7.19. The zero-order valence-electron chi connectivity index (χ0n) is 8.62. The number of thioether (sulfide) groups is 1. The van der Waals surface area contributed by atoms with Gasteiger partial charge in [0.15, 0.2) is 0 Å². The smallest absolute Gasteiger partial charge is 0.224 e. The second kappa shape index (κ2) is 4.38. The van der Waals surface area contributed by atoms with Gasteiger partial charge in [-0.3, -0.25) is 10.1 Å². The summed E-state index contributed by atoms with van der Waals surface area (Å²) < 4.78 is 0. The minimum absolute atomic E-state index is 0.0177. The van der Waals surface area contributed by atoms with E-state index >= 15 is 0 Å². The molecular weight excluding hydrogens is 210 g/mol. The lowest BCUT2D eigenvalue weighted by Gasteiger charge is -2.16. The lowest BCUT2D eigenvalue weighted by Crippen LogP contribution is -2.35. The Kier molecular flexibility index (Phi) is 3.14. The molecule has 4 nitrogen and oxygen atoms in total. The van der Waals surface area contributed by atoms with Gasteiger partial charge in [-0.2, -0.15) is 0 Å². The van der Waals surface area contributed by atoms with E-state index in [1.807, 2.05) is 19.1 Å². The van der Waals surface area contributed by atoms with E-state index in [1.54, 1.807) is 11.8 Å². The molecule has 15 heavy (non-hydrogen) atoms. The zero-order chi connectivity index (χ0) is 10.8. The summed E-state index contributed by atoms with van der Waals surface area (Å²) in [7, 11) is 0. The van der Waals surface area contributed by atoms with E-state index in [2.05, 4.69) is 10.6 Å². The highest BCUT2D eigenvalue weighted by Gasteiger charge is 2.28. The van der Waals surface area contributed by atoms with Gasteiger partial charge in [0.2, 0.25) is 5.91 Å². The van der Waals surface area contributed by atoms with Crippen molar-refractivity contribution in [1.29, 1.82) is 0 Å². The van der Waals surface area contributed by atoms with Crippen molar-refractivity contribution in [3.05, 3.63) is 22.8 Å². The average molecular weight is 225 g/mol. The minimum Gasteiger partial charge on any atom is -0.326 e. The fourth-order valence-corrected chi connectivity index (χ4v) is 2.70. The van der Waals surface area contributed by atoms with E-state index < -0.39 is 0 Å². The molecule has 0 radical (unpaired) electrons. The van der Waals surface area contributed by atoms with Gasteiger partial charge in [0.1, 0.15) is 5.50 Å². The largest absolute Gasteiger partial charge is 0.326 e. The molecule has 1 amide bonds. The van der Waals surface area contributed by atoms with E-state index in [0.717, 1.165) is 12.1 Å². The van der Waals surface area contributed by atoms with E-state index in [4.69, 9.17) is 5.73 Å². The maximum absolute atomic E-state index is 11.2. The molecular formula is C10H15N3OS. The number of amides is 1. The number of allylic oxidation sites excluding steroid dienone is 1. The summed E-state index contributed by atoms with van der Waals surface area (Å²) in [6.45, 7) is 1.84. The normalized spacial score (nSPS) is 29.2. The Labute approximate surface area is 93.4 Å². The molecule has 1 aliphatic carbocycles. The molecule has 2 aliphatic rings. The third-order valence-corrected chi connectivity index (χ3v) is 3.51. The van der Waals surface area contributed by atoms with Crippen LogP contribution in [0.5, 0.6) is 0 Å². The highest BCUT2D eigenvalue weighted by Crippen LogP contribution is 2.33. The molecule has 1 saturated heterocycles. The fourth-order valence-electron chi connectivity index (χ4n) is 1.66. The molecule has 0 aromatic carbocycles. The van der Waals surface area contributed by atoms with Crippen molar-refractivity contribution < 1.29 is 4.79 Å². The number of nitrogens with one attached hydrogen (secondary N) is 2. The van der Waals surface area contributed by atoms with E-state index in [9.17, 15) is 4.79 Å². The summed E-state index contributed by atoms with van der Waals surface area (Å²) in [6.07, 6.45) is 5.44. The first-order valence-corrected chi connectivity index (χ1v) is 5.97. The van der Waals surface area contributed by atoms with Crippen molar-refractivity contribution in [3.63, 3.8) is 0 Å². The number of hydrogen-bond acceptors (Lipinski definition) is 4. The van der Waals surface area contributed by atoms with Crippen LogP contribution in [0.3, 0.4) is 0 Å². The van der Waals surface area contributed by atoms with Crippen LogP contribution in [0.2, 0.25) is 0 Å². The Bertz CT molecular complexity index is 338. The Morgan fingerprint density at radius 2 is 2.60 bits per heavy atom. The van der Waals surface area contributed by atoms with Crippen molar-refractivity contribution in [3.8, 4) is 0 Å². The van der Waals surface area contributed by atoms with Crippen LogP contribution in [0.15, 0.2) is 22.8 Å². The monoisotopic (exact) mass is 225 g/mol. The molecule has 0 aromatic rings. The SMILES string of the molecule is CCC(=O)NC1=CC[C@@H]2N[C@H](N)SC2=C1. The first kappa shape index (κ1) is 10.7. The third-order valence-electron chi connectivity index (χ3n) is 2.45. The van der Waals surface area contributed by atoms with Gasteiger partial charge in [0.05, 0.1) is 0 Å². The van der Waals surface area contributed by atoms with E-state index in [1.165, 1.54) is 4.91 Å². The number of fused-ring (bicyclic) bond motifs is 1. The van der Waals surface area contributed by atoms with Crippen molar-refractivity contribution in [1.82, 2.24) is 10.6 Å². The predicted molar refractivity (Wildman–Crippen MR) is 61.7 cm³/mol. The Morgan fingerprint density at radius 1 is 1.80 bits per heavy atom.